The number of hydrogen-bond acceptors (Lipinski definition) is 7. The molecule has 0 aliphatic carbocycles. The van der Waals surface area contributed by atoms with E-state index < -0.39 is 17.5 Å². The Kier molecular flexibility index (Phi) is 10.0. The second-order valence-corrected chi connectivity index (χ2v) is 11.5. The number of piperidine rings is 1. The predicted octanol–water partition coefficient (Wildman–Crippen LogP) is 3.23. The van der Waals surface area contributed by atoms with Crippen molar-refractivity contribution in [2.75, 3.05) is 64.8 Å². The average molecular weight is 644 g/mol. The molecule has 0 bridgehead atoms. The smallest absolute Gasteiger partial charge is 0.291 e. The first kappa shape index (κ1) is 32.3. The highest BCUT2D eigenvalue weighted by molar-refractivity contribution is 6.34. The maximum absolute atomic E-state index is 14.7. The van der Waals surface area contributed by atoms with Crippen LogP contribution in [0.1, 0.15) is 33.8 Å². The van der Waals surface area contributed by atoms with Crippen LogP contribution in [0.15, 0.2) is 36.5 Å². The van der Waals surface area contributed by atoms with Gasteiger partial charge in [0.1, 0.15) is 0 Å². The number of piperazine rings is 1. The number of nitrogens with one attached hydrogen (secondary N) is 1. The largest absolute Gasteiger partial charge is 0.494 e. The van der Waals surface area contributed by atoms with Gasteiger partial charge in [0.15, 0.2) is 17.4 Å². The summed E-state index contributed by atoms with van der Waals surface area (Å²) in [5, 5.41) is 2.83. The molecule has 3 aromatic rings. The van der Waals surface area contributed by atoms with E-state index in [2.05, 4.69) is 15.2 Å². The molecule has 0 radical (unpaired) electrons. The molecule has 45 heavy (non-hydrogen) atoms. The van der Waals surface area contributed by atoms with Crippen LogP contribution in [0, 0.1) is 17.6 Å². The summed E-state index contributed by atoms with van der Waals surface area (Å²) in [6.07, 6.45) is 2.91. The standard InChI is InChI=1S/C31H36ClF2N7O4/c1-38-24(22-5-6-25(45-2)27(34)26(22)33)18-36-28(38)29(42)37-20-3-4-21(23(32)17-20)31(44)41-15-13-40(14-16-41)30(43)19-7-10-39(11-8-19)12-9-35/h3-6,17-19H,7-16,35H2,1-2H3,(H,37,42). The molecule has 14 heteroatoms. The number of carbonyl (C=O) groups is 3. The Bertz CT molecular complexity index is 1580. The highest BCUT2D eigenvalue weighted by atomic mass is 35.5. The lowest BCUT2D eigenvalue weighted by molar-refractivity contribution is -0.138. The highest BCUT2D eigenvalue weighted by Crippen LogP contribution is 2.30. The maximum Gasteiger partial charge on any atom is 0.291 e. The van der Waals surface area contributed by atoms with E-state index in [0.717, 1.165) is 32.5 Å². The van der Waals surface area contributed by atoms with Gasteiger partial charge in [0.05, 0.1) is 29.6 Å². The fourth-order valence-corrected chi connectivity index (χ4v) is 6.12. The number of likely N-dealkylation sites (tertiary alicyclic amines) is 1. The molecule has 0 unspecified atom stereocenters. The normalized spacial score (nSPS) is 16.1. The number of rotatable bonds is 8. The van der Waals surface area contributed by atoms with Crippen LogP contribution in [0.3, 0.4) is 0 Å². The molecule has 3 N–H and O–H groups in total. The number of amides is 3. The van der Waals surface area contributed by atoms with Crippen LogP contribution in [-0.2, 0) is 11.8 Å². The van der Waals surface area contributed by atoms with Crippen LogP contribution >= 0.6 is 11.6 Å². The number of nitrogens with two attached hydrogens (primary N) is 1. The lowest BCUT2D eigenvalue weighted by Gasteiger charge is -2.38. The number of nitrogens with zero attached hydrogens (tertiary/aromatic N) is 5. The summed E-state index contributed by atoms with van der Waals surface area (Å²) in [5.41, 5.74) is 6.35. The molecule has 0 saturated carbocycles. The quantitative estimate of drug-likeness (QED) is 0.386. The summed E-state index contributed by atoms with van der Waals surface area (Å²) in [4.78, 5) is 49.3. The molecule has 2 saturated heterocycles. The van der Waals surface area contributed by atoms with Gasteiger partial charge in [-0.3, -0.25) is 14.4 Å². The van der Waals surface area contributed by atoms with Crippen LogP contribution in [0.4, 0.5) is 14.5 Å². The fourth-order valence-electron chi connectivity index (χ4n) is 5.86. The van der Waals surface area contributed by atoms with Crippen LogP contribution < -0.4 is 15.8 Å². The predicted molar refractivity (Wildman–Crippen MR) is 165 cm³/mol. The van der Waals surface area contributed by atoms with E-state index in [1.54, 1.807) is 11.0 Å². The first-order valence-electron chi connectivity index (χ1n) is 14.8. The van der Waals surface area contributed by atoms with Gasteiger partial charge in [0.2, 0.25) is 11.7 Å². The Hall–Kier alpha value is -4.07. The lowest BCUT2D eigenvalue weighted by atomic mass is 9.95. The molecule has 2 aliphatic heterocycles. The topological polar surface area (TPSA) is 126 Å². The third-order valence-electron chi connectivity index (χ3n) is 8.45. The van der Waals surface area contributed by atoms with Crippen molar-refractivity contribution < 1.29 is 27.9 Å². The molecule has 2 aliphatic rings. The third-order valence-corrected chi connectivity index (χ3v) is 8.76. The van der Waals surface area contributed by atoms with Gasteiger partial charge in [-0.05, 0) is 56.3 Å². The number of methoxy groups -OCH3 is 1. The van der Waals surface area contributed by atoms with Gasteiger partial charge in [-0.25, -0.2) is 9.37 Å². The summed E-state index contributed by atoms with van der Waals surface area (Å²) >= 11 is 6.48. The molecule has 240 valence electrons. The van der Waals surface area contributed by atoms with Crippen molar-refractivity contribution in [1.29, 1.82) is 0 Å². The number of aromatic nitrogens is 2. The molecule has 1 aromatic heterocycles. The van der Waals surface area contributed by atoms with Crippen molar-refractivity contribution >= 4 is 35.0 Å². The maximum atomic E-state index is 14.7. The van der Waals surface area contributed by atoms with E-state index in [0.29, 0.717) is 38.4 Å². The summed E-state index contributed by atoms with van der Waals surface area (Å²) < 4.78 is 35.1. The minimum absolute atomic E-state index is 0.00226. The number of anilines is 1. The number of benzene rings is 2. The van der Waals surface area contributed by atoms with Gasteiger partial charge in [-0.2, -0.15) is 4.39 Å². The lowest BCUT2D eigenvalue weighted by Crippen LogP contribution is -2.53. The molecule has 3 amide bonds. The van der Waals surface area contributed by atoms with Crippen molar-refractivity contribution in [2.45, 2.75) is 12.8 Å². The van der Waals surface area contributed by atoms with Gasteiger partial charge in [-0.1, -0.05) is 11.6 Å². The Morgan fingerprint density at radius 3 is 2.36 bits per heavy atom. The van der Waals surface area contributed by atoms with Crippen molar-refractivity contribution in [1.82, 2.24) is 24.3 Å². The number of halogens is 3. The zero-order chi connectivity index (χ0) is 32.2. The van der Waals surface area contributed by atoms with Gasteiger partial charge < -0.3 is 35.1 Å². The second-order valence-electron chi connectivity index (χ2n) is 11.1. The second kappa shape index (κ2) is 13.9. The Balaban J connectivity index is 1.18. The van der Waals surface area contributed by atoms with Crippen LogP contribution in [0.5, 0.6) is 5.75 Å². The zero-order valence-electron chi connectivity index (χ0n) is 25.2. The SMILES string of the molecule is COc1ccc(-c2cnc(C(=O)Nc3ccc(C(=O)N4CCN(C(=O)C5CCN(CCN)CC5)CC4)c(Cl)c3)n2C)c(F)c1F. The Morgan fingerprint density at radius 2 is 1.71 bits per heavy atom. The van der Waals surface area contributed by atoms with Crippen molar-refractivity contribution in [3.63, 3.8) is 0 Å². The minimum atomic E-state index is -1.14. The van der Waals surface area contributed by atoms with E-state index >= 15 is 0 Å². The molecule has 5 rings (SSSR count). The van der Waals surface area contributed by atoms with E-state index in [9.17, 15) is 23.2 Å². The molecule has 0 spiro atoms. The number of hydrogen-bond donors (Lipinski definition) is 2. The van der Waals surface area contributed by atoms with E-state index in [4.69, 9.17) is 22.1 Å². The summed E-state index contributed by atoms with van der Waals surface area (Å²) in [6.45, 7) is 4.90. The van der Waals surface area contributed by atoms with Gasteiger partial charge in [0, 0.05) is 63.5 Å². The third kappa shape index (κ3) is 6.80. The molecular formula is C31H36ClF2N7O4. The Labute approximate surface area is 264 Å². The van der Waals surface area contributed by atoms with Gasteiger partial charge >= 0.3 is 0 Å². The monoisotopic (exact) mass is 643 g/mol. The van der Waals surface area contributed by atoms with Crippen molar-refractivity contribution in [3.8, 4) is 17.0 Å². The fraction of sp³-hybridized carbons (Fsp3) is 0.419. The van der Waals surface area contributed by atoms with E-state index in [1.165, 1.54) is 49.2 Å². The van der Waals surface area contributed by atoms with Crippen LogP contribution in [0.2, 0.25) is 5.02 Å². The van der Waals surface area contributed by atoms with Gasteiger partial charge in [0.25, 0.3) is 11.8 Å². The molecular weight excluding hydrogens is 608 g/mol. The minimum Gasteiger partial charge on any atom is -0.494 e. The number of imidazole rings is 1. The Morgan fingerprint density at radius 1 is 1.02 bits per heavy atom. The molecule has 0 atom stereocenters. The van der Waals surface area contributed by atoms with Crippen LogP contribution in [-0.4, -0.2) is 101 Å². The molecule has 3 heterocycles. The highest BCUT2D eigenvalue weighted by Gasteiger charge is 2.32. The van der Waals surface area contributed by atoms with Crippen LogP contribution in [0.25, 0.3) is 11.3 Å². The first-order chi connectivity index (χ1) is 21.6. The molecule has 11 nitrogen and oxygen atoms in total. The first-order valence-corrected chi connectivity index (χ1v) is 15.2. The average Bonchev–Trinajstić information content (AvgIpc) is 3.43. The number of carbonyl (C=O) groups excluding carboxylic acids is 3. The van der Waals surface area contributed by atoms with Crippen molar-refractivity contribution in [3.05, 3.63) is 64.6 Å². The summed E-state index contributed by atoms with van der Waals surface area (Å²) in [7, 11) is 2.74. The summed E-state index contributed by atoms with van der Waals surface area (Å²) in [6, 6.07) is 7.19. The summed E-state index contributed by atoms with van der Waals surface area (Å²) in [5.74, 6) is -3.28. The number of ether oxygens (including phenoxy) is 1. The zero-order valence-corrected chi connectivity index (χ0v) is 25.9. The molecule has 2 fully saturated rings. The molecule has 2 aromatic carbocycles. The van der Waals surface area contributed by atoms with Gasteiger partial charge in [-0.15, -0.1) is 0 Å². The van der Waals surface area contributed by atoms with E-state index in [-0.39, 0.29) is 51.1 Å². The van der Waals surface area contributed by atoms with Crippen molar-refractivity contribution in [2.24, 2.45) is 18.7 Å². The van der Waals surface area contributed by atoms with E-state index in [1.807, 2.05) is 4.90 Å².